The maximum Gasteiger partial charge on any atom is 0.168 e. The molecule has 12 rings (SSSR count). The van der Waals surface area contributed by atoms with Gasteiger partial charge in [0.15, 0.2) is 23.3 Å². The van der Waals surface area contributed by atoms with Crippen molar-refractivity contribution in [3.8, 4) is 0 Å². The van der Waals surface area contributed by atoms with Crippen molar-refractivity contribution in [2.45, 2.75) is 125 Å². The number of halogens is 10. The summed E-state index contributed by atoms with van der Waals surface area (Å²) in [5, 5.41) is 6.52. The third-order valence-corrected chi connectivity index (χ3v) is 12.7. The van der Waals surface area contributed by atoms with Gasteiger partial charge >= 0.3 is 0 Å². The van der Waals surface area contributed by atoms with E-state index in [9.17, 15) is 30.7 Å². The Morgan fingerprint density at radius 3 is 1.27 bits per heavy atom. The Bertz CT molecular complexity index is 3580. The zero-order chi connectivity index (χ0) is 62.6. The minimum Gasteiger partial charge on any atom is -0.361 e. The van der Waals surface area contributed by atoms with Gasteiger partial charge in [-0.2, -0.15) is 0 Å². The lowest BCUT2D eigenvalue weighted by Gasteiger charge is -1.99. The number of hydrogen-bond donors (Lipinski definition) is 6. The van der Waals surface area contributed by atoms with Gasteiger partial charge in [-0.25, -0.2) is 30.7 Å². The van der Waals surface area contributed by atoms with Crippen LogP contribution < -0.4 is 0 Å². The second-order valence-electron chi connectivity index (χ2n) is 16.2. The second-order valence-corrected chi connectivity index (χ2v) is 17.4. The van der Waals surface area contributed by atoms with Crippen LogP contribution in [-0.4, -0.2) is 29.9 Å². The number of aryl methyl sites for hydroxylation is 6. The smallest absolute Gasteiger partial charge is 0.168 e. The standard InChI is InChI=1S/C9H7ClFN.2C9H8ClN.3C9H7F2N.6C2H6/c1-5-4-6-2-3-12-9(6)7(10)8(5)11;1-6-8(10)3-2-7-4-5-11-9(6)7;1-6-2-3-8(10)7-4-5-11-9(6)7;1-5-7(10)4-8(11)6-2-3-12-9(5)6;1-5-8(11)7(10)4-6-2-3-12-9(5)6;1-5-4-7(10)8(11)6-2-3-12-9(5)6;6*1-2/h2-4,12H,1H3;2*2-5,11H,1H3;3*2-4,12H,1H3;6*1-2H3. The van der Waals surface area contributed by atoms with Gasteiger partial charge < -0.3 is 29.9 Å². The van der Waals surface area contributed by atoms with Gasteiger partial charge in [-0.05, 0) is 136 Å². The van der Waals surface area contributed by atoms with Crippen LogP contribution in [0.3, 0.4) is 0 Å². The zero-order valence-corrected chi connectivity index (χ0v) is 52.6. The fourth-order valence-corrected chi connectivity index (χ4v) is 8.42. The van der Waals surface area contributed by atoms with Crippen molar-refractivity contribution >= 4 is 100 Å². The Labute approximate surface area is 494 Å². The third kappa shape index (κ3) is 18.5. The van der Waals surface area contributed by atoms with Gasteiger partial charge in [0.25, 0.3) is 0 Å². The van der Waals surface area contributed by atoms with Crippen molar-refractivity contribution in [3.05, 3.63) is 211 Å². The van der Waals surface area contributed by atoms with E-state index in [4.69, 9.17) is 34.8 Å². The molecular weight excluding hydrogens is 1120 g/mol. The van der Waals surface area contributed by atoms with Crippen LogP contribution in [0.4, 0.5) is 30.7 Å². The molecule has 0 saturated heterocycles. The Balaban J connectivity index is 0.000000474. The molecule has 6 aromatic carbocycles. The molecule has 0 aliphatic rings. The van der Waals surface area contributed by atoms with Crippen LogP contribution in [0.15, 0.2) is 122 Å². The van der Waals surface area contributed by atoms with Crippen LogP contribution >= 0.6 is 34.8 Å². The molecule has 0 amide bonds. The largest absolute Gasteiger partial charge is 0.361 e. The maximum absolute atomic E-state index is 13.2. The molecule has 0 atom stereocenters. The Kier molecular flexibility index (Phi) is 33.0. The molecule has 0 radical (unpaired) electrons. The summed E-state index contributed by atoms with van der Waals surface area (Å²) >= 11 is 17.6. The lowest BCUT2D eigenvalue weighted by atomic mass is 10.1. The van der Waals surface area contributed by atoms with Gasteiger partial charge in [-0.3, -0.25) is 0 Å². The molecule has 6 N–H and O–H groups in total. The minimum absolute atomic E-state index is 0.176. The van der Waals surface area contributed by atoms with Crippen molar-refractivity contribution < 1.29 is 30.7 Å². The lowest BCUT2D eigenvalue weighted by molar-refractivity contribution is 0.505. The number of hydrogen-bond acceptors (Lipinski definition) is 0. The van der Waals surface area contributed by atoms with Crippen molar-refractivity contribution in [1.29, 1.82) is 0 Å². The Morgan fingerprint density at radius 2 is 0.707 bits per heavy atom. The highest BCUT2D eigenvalue weighted by atomic mass is 35.5. The first-order valence-corrected chi connectivity index (χ1v) is 28.6. The van der Waals surface area contributed by atoms with Crippen molar-refractivity contribution in [2.24, 2.45) is 0 Å². The summed E-state index contributed by atoms with van der Waals surface area (Å²) in [5.41, 5.74) is 9.22. The number of aromatic nitrogens is 6. The minimum atomic E-state index is -0.792. The highest BCUT2D eigenvalue weighted by molar-refractivity contribution is 6.36. The topological polar surface area (TPSA) is 94.7 Å². The van der Waals surface area contributed by atoms with E-state index in [1.165, 1.54) is 29.1 Å². The predicted molar refractivity (Wildman–Crippen MR) is 341 cm³/mol. The average Bonchev–Trinajstić information content (AvgIpc) is 4.43. The first kappa shape index (κ1) is 73.0. The van der Waals surface area contributed by atoms with Gasteiger partial charge in [0.1, 0.15) is 22.5 Å². The van der Waals surface area contributed by atoms with Gasteiger partial charge in [0, 0.05) is 102 Å². The fourth-order valence-electron chi connectivity index (χ4n) is 7.73. The first-order valence-electron chi connectivity index (χ1n) is 27.5. The monoisotopic (exact) mass is 1190 g/mol. The third-order valence-electron chi connectivity index (χ3n) is 11.6. The predicted octanol–water partition coefficient (Wildman–Crippen LogP) is 23.9. The molecule has 0 saturated carbocycles. The van der Waals surface area contributed by atoms with Crippen LogP contribution in [0.2, 0.25) is 15.1 Å². The van der Waals surface area contributed by atoms with E-state index in [1.807, 2.05) is 145 Å². The van der Waals surface area contributed by atoms with E-state index in [0.29, 0.717) is 60.5 Å². The number of aromatic amines is 6. The summed E-state index contributed by atoms with van der Waals surface area (Å²) in [6.07, 6.45) is 10.4. The molecule has 0 spiro atoms. The molecule has 0 aliphatic carbocycles. The highest BCUT2D eigenvalue weighted by Gasteiger charge is 2.13. The number of fused-ring (bicyclic) bond motifs is 6. The normalized spacial score (nSPS) is 9.71. The molecule has 82 heavy (non-hydrogen) atoms. The highest BCUT2D eigenvalue weighted by Crippen LogP contribution is 2.29. The summed E-state index contributed by atoms with van der Waals surface area (Å²) in [6, 6.07) is 23.7. The molecule has 444 valence electrons. The fraction of sp³-hybridized carbons (Fsp3) is 0.273. The van der Waals surface area contributed by atoms with E-state index >= 15 is 0 Å². The lowest BCUT2D eigenvalue weighted by Crippen LogP contribution is -1.89. The van der Waals surface area contributed by atoms with Crippen LogP contribution in [0, 0.1) is 82.3 Å². The van der Waals surface area contributed by atoms with Crippen molar-refractivity contribution in [2.75, 3.05) is 0 Å². The Hall–Kier alpha value is -7.06. The number of rotatable bonds is 0. The summed E-state index contributed by atoms with van der Waals surface area (Å²) in [7, 11) is 0. The quantitative estimate of drug-likeness (QED) is 0.0817. The first-order chi connectivity index (χ1) is 39.4. The molecule has 0 aliphatic heterocycles. The molecule has 6 heterocycles. The molecule has 16 heteroatoms. The number of nitrogens with one attached hydrogen (secondary N) is 6. The van der Waals surface area contributed by atoms with Crippen LogP contribution in [0.1, 0.15) is 116 Å². The van der Waals surface area contributed by atoms with Crippen molar-refractivity contribution in [3.63, 3.8) is 0 Å². The molecule has 0 bridgehead atoms. The summed E-state index contributed by atoms with van der Waals surface area (Å²) in [4.78, 5) is 17.7. The average molecular weight is 1200 g/mol. The van der Waals surface area contributed by atoms with E-state index < -0.39 is 34.9 Å². The summed E-state index contributed by atoms with van der Waals surface area (Å²) < 4.78 is 90.7. The van der Waals surface area contributed by atoms with E-state index in [2.05, 4.69) is 36.8 Å². The van der Waals surface area contributed by atoms with Gasteiger partial charge in [0.05, 0.1) is 22.1 Å². The number of benzene rings is 6. The number of H-pyrrole nitrogens is 6. The van der Waals surface area contributed by atoms with E-state index in [-0.39, 0.29) is 10.8 Å². The molecular formula is C66H80Cl3F7N6. The summed E-state index contributed by atoms with van der Waals surface area (Å²) in [6.45, 7) is 34.7. The zero-order valence-electron chi connectivity index (χ0n) is 50.3. The van der Waals surface area contributed by atoms with Crippen molar-refractivity contribution in [1.82, 2.24) is 29.9 Å². The van der Waals surface area contributed by atoms with Crippen LogP contribution in [0.25, 0.3) is 65.4 Å². The SMILES string of the molecule is CC.CC.CC.CC.CC.CC.Cc1c(Cl)ccc2cc[nH]c12.Cc1c(F)c(F)cc2cc[nH]c12.Cc1c(F)cc(F)c2cc[nH]c12.Cc1cc(F)c(F)c2cc[nH]c12.Cc1cc2cc[nH]c2c(Cl)c1F.Cc1ccc(Cl)c2cc[nH]c12. The van der Waals surface area contributed by atoms with Gasteiger partial charge in [-0.1, -0.05) is 130 Å². The summed E-state index contributed by atoms with van der Waals surface area (Å²) in [5.74, 6) is -4.51. The molecule has 6 nitrogen and oxygen atoms in total. The molecule has 12 aromatic rings. The van der Waals surface area contributed by atoms with Crippen LogP contribution in [0.5, 0.6) is 0 Å². The van der Waals surface area contributed by atoms with Gasteiger partial charge in [-0.15, -0.1) is 0 Å². The molecule has 6 aromatic heterocycles. The molecule has 0 fully saturated rings. The van der Waals surface area contributed by atoms with Gasteiger partial charge in [0.2, 0.25) is 0 Å². The maximum atomic E-state index is 13.2. The van der Waals surface area contributed by atoms with E-state index in [1.54, 1.807) is 70.7 Å². The Morgan fingerprint density at radius 1 is 0.280 bits per heavy atom. The van der Waals surface area contributed by atoms with Crippen LogP contribution in [-0.2, 0) is 0 Å². The van der Waals surface area contributed by atoms with E-state index in [0.717, 1.165) is 43.5 Å². The second kappa shape index (κ2) is 37.1. The molecule has 0 unspecified atom stereocenters.